The number of hydrogen-bond donors (Lipinski definition) is 3. The van der Waals surface area contributed by atoms with Crippen LogP contribution in [0.25, 0.3) is 0 Å². The molecular weight excluding hydrogens is 236 g/mol. The molecule has 0 fully saturated rings. The molecule has 7 nitrogen and oxygen atoms in total. The molecule has 90 valence electrons. The Labute approximate surface area is 98.0 Å². The quantitative estimate of drug-likeness (QED) is 0.529. The Bertz CT molecular complexity index is 379. The summed E-state index contributed by atoms with van der Waals surface area (Å²) in [5.74, 6) is -0.402. The van der Waals surface area contributed by atoms with Gasteiger partial charge in [-0.1, -0.05) is 0 Å². The summed E-state index contributed by atoms with van der Waals surface area (Å²) in [6.45, 7) is 2.06. The standard InChI is InChI=1S/C8H12N4O3.ClH/c1-5(3-9)11-8(13)7-2-6(4-10-7)12(14)15;/h2,4-5,10H,3,9H2,1H3,(H,11,13);1H/t5-;/m0./s1. The zero-order valence-electron chi connectivity index (χ0n) is 8.60. The monoisotopic (exact) mass is 248 g/mol. The molecule has 1 heterocycles. The van der Waals surface area contributed by atoms with Gasteiger partial charge in [0.25, 0.3) is 11.6 Å². The molecule has 16 heavy (non-hydrogen) atoms. The molecule has 1 atom stereocenters. The maximum absolute atomic E-state index is 11.4. The van der Waals surface area contributed by atoms with E-state index < -0.39 is 10.8 Å². The molecule has 0 aromatic carbocycles. The predicted octanol–water partition coefficient (Wildman–Crippen LogP) is 0.422. The summed E-state index contributed by atoms with van der Waals surface area (Å²) in [7, 11) is 0. The minimum Gasteiger partial charge on any atom is -0.351 e. The highest BCUT2D eigenvalue weighted by Gasteiger charge is 2.15. The first-order valence-corrected chi connectivity index (χ1v) is 4.38. The van der Waals surface area contributed by atoms with Gasteiger partial charge in [-0.25, -0.2) is 0 Å². The van der Waals surface area contributed by atoms with E-state index >= 15 is 0 Å². The number of carbonyl (C=O) groups excluding carboxylic acids is 1. The fourth-order valence-corrected chi connectivity index (χ4v) is 0.980. The van der Waals surface area contributed by atoms with Gasteiger partial charge in [-0.2, -0.15) is 0 Å². The lowest BCUT2D eigenvalue weighted by Gasteiger charge is -2.09. The number of nitrogens with two attached hydrogens (primary N) is 1. The van der Waals surface area contributed by atoms with Crippen molar-refractivity contribution in [3.63, 3.8) is 0 Å². The van der Waals surface area contributed by atoms with Gasteiger partial charge in [-0.05, 0) is 6.92 Å². The number of amides is 1. The fraction of sp³-hybridized carbons (Fsp3) is 0.375. The van der Waals surface area contributed by atoms with Crippen molar-refractivity contribution in [2.24, 2.45) is 5.73 Å². The summed E-state index contributed by atoms with van der Waals surface area (Å²) in [4.78, 5) is 23.7. The number of nitrogens with zero attached hydrogens (tertiary/aromatic N) is 1. The summed E-state index contributed by atoms with van der Waals surface area (Å²) < 4.78 is 0. The topological polar surface area (TPSA) is 114 Å². The third-order valence-electron chi connectivity index (χ3n) is 1.85. The van der Waals surface area contributed by atoms with E-state index in [-0.39, 0.29) is 29.8 Å². The average Bonchev–Trinajstić information content (AvgIpc) is 2.66. The molecule has 0 spiro atoms. The van der Waals surface area contributed by atoms with Crippen molar-refractivity contribution < 1.29 is 9.72 Å². The molecule has 0 aliphatic rings. The normalized spacial score (nSPS) is 11.4. The zero-order valence-corrected chi connectivity index (χ0v) is 9.41. The van der Waals surface area contributed by atoms with Gasteiger partial charge in [0.15, 0.2) is 0 Å². The molecule has 1 aromatic rings. The number of H-pyrrole nitrogens is 1. The van der Waals surface area contributed by atoms with E-state index in [1.807, 2.05) is 0 Å². The maximum atomic E-state index is 11.4. The number of hydrogen-bond acceptors (Lipinski definition) is 4. The van der Waals surface area contributed by atoms with E-state index in [0.29, 0.717) is 6.54 Å². The van der Waals surface area contributed by atoms with E-state index in [2.05, 4.69) is 10.3 Å². The summed E-state index contributed by atoms with van der Waals surface area (Å²) in [6, 6.07) is 1.01. The third-order valence-corrected chi connectivity index (χ3v) is 1.85. The largest absolute Gasteiger partial charge is 0.351 e. The van der Waals surface area contributed by atoms with Gasteiger partial charge in [-0.15, -0.1) is 12.4 Å². The molecule has 1 amide bonds. The number of rotatable bonds is 4. The lowest BCUT2D eigenvalue weighted by Crippen LogP contribution is -2.37. The molecule has 1 aromatic heterocycles. The van der Waals surface area contributed by atoms with Crippen molar-refractivity contribution in [1.82, 2.24) is 10.3 Å². The first-order valence-electron chi connectivity index (χ1n) is 4.38. The molecule has 0 bridgehead atoms. The van der Waals surface area contributed by atoms with Gasteiger partial charge in [0.05, 0.1) is 11.1 Å². The van der Waals surface area contributed by atoms with Crippen LogP contribution in [0.4, 0.5) is 5.69 Å². The van der Waals surface area contributed by atoms with Crippen LogP contribution in [0.1, 0.15) is 17.4 Å². The van der Waals surface area contributed by atoms with Crippen LogP contribution in [0.5, 0.6) is 0 Å². The highest BCUT2D eigenvalue weighted by molar-refractivity contribution is 5.93. The second-order valence-electron chi connectivity index (χ2n) is 3.14. The number of nitrogens with one attached hydrogen (secondary N) is 2. The molecule has 0 unspecified atom stereocenters. The number of aromatic amines is 1. The van der Waals surface area contributed by atoms with Crippen LogP contribution in [0.2, 0.25) is 0 Å². The summed E-state index contributed by atoms with van der Waals surface area (Å²) in [5.41, 5.74) is 5.33. The first kappa shape index (κ1) is 14.4. The van der Waals surface area contributed by atoms with Crippen molar-refractivity contribution in [1.29, 1.82) is 0 Å². The van der Waals surface area contributed by atoms with Crippen LogP contribution in [0.15, 0.2) is 12.3 Å². The third kappa shape index (κ3) is 3.52. The van der Waals surface area contributed by atoms with Crippen LogP contribution in [0.3, 0.4) is 0 Å². The lowest BCUT2D eigenvalue weighted by atomic mass is 10.3. The van der Waals surface area contributed by atoms with E-state index in [4.69, 9.17) is 5.73 Å². The van der Waals surface area contributed by atoms with Crippen LogP contribution in [-0.4, -0.2) is 28.4 Å². The highest BCUT2D eigenvalue weighted by Crippen LogP contribution is 2.11. The average molecular weight is 249 g/mol. The zero-order chi connectivity index (χ0) is 11.4. The van der Waals surface area contributed by atoms with Crippen molar-refractivity contribution in [3.05, 3.63) is 28.1 Å². The molecule has 8 heteroatoms. The second-order valence-corrected chi connectivity index (χ2v) is 3.14. The second kappa shape index (κ2) is 6.09. The summed E-state index contributed by atoms with van der Waals surface area (Å²) in [6.07, 6.45) is 1.17. The maximum Gasteiger partial charge on any atom is 0.287 e. The number of halogens is 1. The Morgan fingerprint density at radius 3 is 2.81 bits per heavy atom. The Morgan fingerprint density at radius 2 is 2.38 bits per heavy atom. The van der Waals surface area contributed by atoms with Gasteiger partial charge >= 0.3 is 0 Å². The molecule has 0 saturated heterocycles. The molecule has 1 rings (SSSR count). The molecule has 0 aliphatic heterocycles. The van der Waals surface area contributed by atoms with Crippen LogP contribution < -0.4 is 11.1 Å². The first-order chi connectivity index (χ1) is 7.04. The van der Waals surface area contributed by atoms with Gasteiger partial charge in [-0.3, -0.25) is 14.9 Å². The number of carbonyl (C=O) groups is 1. The van der Waals surface area contributed by atoms with Crippen molar-refractivity contribution in [3.8, 4) is 0 Å². The predicted molar refractivity (Wildman–Crippen MR) is 60.7 cm³/mol. The Kier molecular flexibility index (Phi) is 5.48. The molecular formula is C8H13ClN4O3. The van der Waals surface area contributed by atoms with Crippen LogP contribution in [-0.2, 0) is 0 Å². The van der Waals surface area contributed by atoms with Crippen molar-refractivity contribution in [2.75, 3.05) is 6.54 Å². The molecule has 0 saturated carbocycles. The van der Waals surface area contributed by atoms with E-state index in [1.165, 1.54) is 12.3 Å². The number of aromatic nitrogens is 1. The Balaban J connectivity index is 0.00000225. The minimum absolute atomic E-state index is 0. The van der Waals surface area contributed by atoms with Crippen LogP contribution >= 0.6 is 12.4 Å². The lowest BCUT2D eigenvalue weighted by molar-refractivity contribution is -0.384. The molecule has 4 N–H and O–H groups in total. The van der Waals surface area contributed by atoms with Gasteiger partial charge < -0.3 is 16.0 Å². The van der Waals surface area contributed by atoms with E-state index in [1.54, 1.807) is 6.92 Å². The van der Waals surface area contributed by atoms with Crippen molar-refractivity contribution in [2.45, 2.75) is 13.0 Å². The SMILES string of the molecule is C[C@@H](CN)NC(=O)c1cc([N+](=O)[O-])c[nH]1.Cl. The highest BCUT2D eigenvalue weighted by atomic mass is 35.5. The van der Waals surface area contributed by atoms with Gasteiger partial charge in [0.2, 0.25) is 0 Å². The summed E-state index contributed by atoms with van der Waals surface area (Å²) >= 11 is 0. The molecule has 0 aliphatic carbocycles. The number of nitro groups is 1. The molecule has 0 radical (unpaired) electrons. The van der Waals surface area contributed by atoms with Crippen molar-refractivity contribution >= 4 is 24.0 Å². The summed E-state index contributed by atoms with van der Waals surface area (Å²) in [5, 5.41) is 12.9. The van der Waals surface area contributed by atoms with Crippen LogP contribution in [0, 0.1) is 10.1 Å². The minimum atomic E-state index is -0.570. The van der Waals surface area contributed by atoms with Gasteiger partial charge in [0.1, 0.15) is 5.69 Å². The van der Waals surface area contributed by atoms with E-state index in [0.717, 1.165) is 0 Å². The Morgan fingerprint density at radius 1 is 1.75 bits per heavy atom. The van der Waals surface area contributed by atoms with Gasteiger partial charge in [0, 0.05) is 18.7 Å². The Hall–Kier alpha value is -1.60. The smallest absolute Gasteiger partial charge is 0.287 e. The fourth-order valence-electron chi connectivity index (χ4n) is 0.980. The van der Waals surface area contributed by atoms with E-state index in [9.17, 15) is 14.9 Å².